The molecule has 0 bridgehead atoms. The number of carbonyl (C=O) groups excluding carboxylic acids is 1. The lowest BCUT2D eigenvalue weighted by Crippen LogP contribution is -2.46. The topological polar surface area (TPSA) is 61.5 Å². The van der Waals surface area contributed by atoms with Crippen LogP contribution < -0.4 is 5.73 Å². The zero-order valence-electron chi connectivity index (χ0n) is 12.1. The Morgan fingerprint density at radius 2 is 2.00 bits per heavy atom. The first-order valence-electron chi connectivity index (χ1n) is 6.73. The minimum absolute atomic E-state index is 0.335. The fourth-order valence-electron chi connectivity index (χ4n) is 1.84. The van der Waals surface area contributed by atoms with E-state index >= 15 is 0 Å². The van der Waals surface area contributed by atoms with E-state index in [1.54, 1.807) is 25.8 Å². The largest absolute Gasteiger partial charge is 0.464 e. The van der Waals surface area contributed by atoms with Gasteiger partial charge >= 0.3 is 5.97 Å². The minimum Gasteiger partial charge on any atom is -0.464 e. The third-order valence-electron chi connectivity index (χ3n) is 3.00. The van der Waals surface area contributed by atoms with Crippen molar-refractivity contribution in [3.63, 3.8) is 0 Å². The van der Waals surface area contributed by atoms with Gasteiger partial charge in [0.25, 0.3) is 0 Å². The molecule has 20 heavy (non-hydrogen) atoms. The van der Waals surface area contributed by atoms with Crippen LogP contribution in [0.25, 0.3) is 0 Å². The van der Waals surface area contributed by atoms with Gasteiger partial charge in [-0.3, -0.25) is 0 Å². The summed E-state index contributed by atoms with van der Waals surface area (Å²) in [4.78, 5) is 12.2. The second kappa shape index (κ2) is 9.00. The van der Waals surface area contributed by atoms with Crippen LogP contribution in [0.2, 0.25) is 0 Å². The molecule has 2 N–H and O–H groups in total. The van der Waals surface area contributed by atoms with Gasteiger partial charge in [-0.15, -0.1) is 0 Å². The first kappa shape index (κ1) is 17.0. The number of thioether (sulfide) groups is 1. The van der Waals surface area contributed by atoms with Crippen molar-refractivity contribution in [3.05, 3.63) is 35.9 Å². The molecule has 1 aromatic rings. The molecule has 0 spiro atoms. The molecule has 0 saturated heterocycles. The molecule has 0 amide bonds. The average molecular weight is 297 g/mol. The van der Waals surface area contributed by atoms with Gasteiger partial charge in [-0.05, 0) is 24.7 Å². The normalized spacial score (nSPS) is 13.8. The molecule has 0 aliphatic rings. The van der Waals surface area contributed by atoms with Crippen LogP contribution in [0.15, 0.2) is 30.3 Å². The van der Waals surface area contributed by atoms with E-state index in [1.165, 1.54) is 0 Å². The van der Waals surface area contributed by atoms with Crippen LogP contribution in [-0.4, -0.2) is 37.8 Å². The van der Waals surface area contributed by atoms with Crippen LogP contribution >= 0.6 is 11.8 Å². The summed E-state index contributed by atoms with van der Waals surface area (Å²) in [6.45, 7) is 2.82. The molecule has 0 aliphatic heterocycles. The van der Waals surface area contributed by atoms with Crippen LogP contribution in [0.4, 0.5) is 0 Å². The molecule has 112 valence electrons. The number of hydrogen-bond donors (Lipinski definition) is 1. The van der Waals surface area contributed by atoms with E-state index in [0.717, 1.165) is 17.1 Å². The summed E-state index contributed by atoms with van der Waals surface area (Å²) in [6.07, 6.45) is 0.546. The van der Waals surface area contributed by atoms with Crippen molar-refractivity contribution in [2.45, 2.75) is 18.9 Å². The molecule has 4 nitrogen and oxygen atoms in total. The van der Waals surface area contributed by atoms with Gasteiger partial charge in [0.1, 0.15) is 5.54 Å². The Balaban J connectivity index is 2.72. The number of methoxy groups -OCH3 is 1. The van der Waals surface area contributed by atoms with Crippen LogP contribution in [0.1, 0.15) is 18.9 Å². The van der Waals surface area contributed by atoms with Gasteiger partial charge in [0, 0.05) is 12.9 Å². The van der Waals surface area contributed by atoms with Gasteiger partial charge in [0.15, 0.2) is 0 Å². The maximum absolute atomic E-state index is 12.2. The average Bonchev–Trinajstić information content (AvgIpc) is 2.48. The van der Waals surface area contributed by atoms with Gasteiger partial charge in [0.2, 0.25) is 0 Å². The maximum Gasteiger partial charge on any atom is 0.330 e. The predicted molar refractivity (Wildman–Crippen MR) is 82.8 cm³/mol. The van der Waals surface area contributed by atoms with Crippen molar-refractivity contribution in [2.75, 3.05) is 31.8 Å². The summed E-state index contributed by atoms with van der Waals surface area (Å²) in [5.41, 5.74) is 6.07. The summed E-state index contributed by atoms with van der Waals surface area (Å²) in [5, 5.41) is 0. The van der Waals surface area contributed by atoms with Crippen molar-refractivity contribution in [2.24, 2.45) is 5.73 Å². The summed E-state index contributed by atoms with van der Waals surface area (Å²) in [7, 11) is 1.68. The van der Waals surface area contributed by atoms with E-state index in [-0.39, 0.29) is 5.97 Å². The van der Waals surface area contributed by atoms with E-state index in [0.29, 0.717) is 19.6 Å². The Labute approximate surface area is 125 Å². The van der Waals surface area contributed by atoms with Crippen LogP contribution in [0.5, 0.6) is 0 Å². The van der Waals surface area contributed by atoms with Crippen molar-refractivity contribution < 1.29 is 14.3 Å². The lowest BCUT2D eigenvalue weighted by atomic mass is 9.88. The quantitative estimate of drug-likeness (QED) is 0.559. The fraction of sp³-hybridized carbons (Fsp3) is 0.533. The SMILES string of the molecule is CCOC(=O)C(N)(CCSCCOC)c1ccccc1. The number of benzene rings is 1. The molecule has 0 aromatic heterocycles. The molecule has 1 unspecified atom stereocenters. The van der Waals surface area contributed by atoms with E-state index in [1.807, 2.05) is 30.3 Å². The van der Waals surface area contributed by atoms with Crippen LogP contribution in [0, 0.1) is 0 Å². The Hall–Kier alpha value is -1.04. The summed E-state index contributed by atoms with van der Waals surface area (Å²) >= 11 is 1.72. The highest BCUT2D eigenvalue weighted by molar-refractivity contribution is 7.99. The number of nitrogens with two attached hydrogens (primary N) is 1. The molecule has 1 atom stereocenters. The van der Waals surface area contributed by atoms with Crippen molar-refractivity contribution in [3.8, 4) is 0 Å². The molecule has 1 rings (SSSR count). The zero-order valence-corrected chi connectivity index (χ0v) is 12.9. The number of hydrogen-bond acceptors (Lipinski definition) is 5. The van der Waals surface area contributed by atoms with Gasteiger partial charge in [0.05, 0.1) is 13.2 Å². The first-order chi connectivity index (χ1) is 9.65. The fourth-order valence-corrected chi connectivity index (χ4v) is 2.79. The maximum atomic E-state index is 12.2. The highest BCUT2D eigenvalue weighted by atomic mass is 32.2. The third-order valence-corrected chi connectivity index (χ3v) is 3.95. The Morgan fingerprint density at radius 1 is 1.30 bits per heavy atom. The summed E-state index contributed by atoms with van der Waals surface area (Å²) < 4.78 is 10.1. The second-order valence-corrected chi connectivity index (χ2v) is 5.64. The second-order valence-electron chi connectivity index (χ2n) is 4.41. The van der Waals surface area contributed by atoms with Crippen molar-refractivity contribution >= 4 is 17.7 Å². The van der Waals surface area contributed by atoms with Crippen LogP contribution in [0.3, 0.4) is 0 Å². The van der Waals surface area contributed by atoms with Crippen LogP contribution in [-0.2, 0) is 19.8 Å². The summed E-state index contributed by atoms with van der Waals surface area (Å²) in [5.74, 6) is 1.32. The van der Waals surface area contributed by atoms with E-state index in [9.17, 15) is 4.79 Å². The first-order valence-corrected chi connectivity index (χ1v) is 7.89. The van der Waals surface area contributed by atoms with Crippen molar-refractivity contribution in [1.29, 1.82) is 0 Å². The number of ether oxygens (including phenoxy) is 2. The molecule has 0 heterocycles. The van der Waals surface area contributed by atoms with Gasteiger partial charge < -0.3 is 15.2 Å². The molecule has 0 aliphatic carbocycles. The van der Waals surface area contributed by atoms with Gasteiger partial charge in [-0.2, -0.15) is 11.8 Å². The Bertz CT molecular complexity index is 399. The van der Waals surface area contributed by atoms with E-state index in [2.05, 4.69) is 0 Å². The monoisotopic (exact) mass is 297 g/mol. The minimum atomic E-state index is -1.07. The molecular formula is C15H23NO3S. The summed E-state index contributed by atoms with van der Waals surface area (Å²) in [6, 6.07) is 9.42. The molecule has 0 saturated carbocycles. The number of carbonyl (C=O) groups is 1. The highest BCUT2D eigenvalue weighted by Gasteiger charge is 2.36. The lowest BCUT2D eigenvalue weighted by molar-refractivity contribution is -0.150. The number of rotatable bonds is 9. The Morgan fingerprint density at radius 3 is 2.60 bits per heavy atom. The van der Waals surface area contributed by atoms with Crippen molar-refractivity contribution in [1.82, 2.24) is 0 Å². The third kappa shape index (κ3) is 4.81. The highest BCUT2D eigenvalue weighted by Crippen LogP contribution is 2.25. The smallest absolute Gasteiger partial charge is 0.330 e. The lowest BCUT2D eigenvalue weighted by Gasteiger charge is -2.27. The zero-order chi connectivity index (χ0) is 14.8. The van der Waals surface area contributed by atoms with E-state index < -0.39 is 5.54 Å². The molecule has 0 radical (unpaired) electrons. The standard InChI is InChI=1S/C15H23NO3S/c1-3-19-14(17)15(16,9-11-20-12-10-18-2)13-7-5-4-6-8-13/h4-8H,3,9-12,16H2,1-2H3. The molecule has 5 heteroatoms. The molecule has 0 fully saturated rings. The number of esters is 1. The van der Waals surface area contributed by atoms with E-state index in [4.69, 9.17) is 15.2 Å². The Kier molecular flexibility index (Phi) is 7.65. The predicted octanol–water partition coefficient (Wildman–Crippen LogP) is 2.17. The van der Waals surface area contributed by atoms with Gasteiger partial charge in [-0.1, -0.05) is 30.3 Å². The molecule has 1 aromatic carbocycles. The van der Waals surface area contributed by atoms with Gasteiger partial charge in [-0.25, -0.2) is 4.79 Å². The molecular weight excluding hydrogens is 274 g/mol.